The second kappa shape index (κ2) is 23.0. The second-order valence-electron chi connectivity index (χ2n) is 15.0. The van der Waals surface area contributed by atoms with E-state index in [1.807, 2.05) is 36.4 Å². The normalized spacial score (nSPS) is 16.2. The Bertz CT molecular complexity index is 2330. The van der Waals surface area contributed by atoms with Crippen LogP contribution in [-0.4, -0.2) is 69.8 Å². The van der Waals surface area contributed by atoms with Crippen LogP contribution < -0.4 is 5.73 Å². The molecular formula is C46H56BrCl2N7O2S. The number of furan rings is 2. The highest BCUT2D eigenvalue weighted by atomic mass is 79.9. The summed E-state index contributed by atoms with van der Waals surface area (Å²) in [6.07, 6.45) is 15.5. The largest absolute Gasteiger partial charge is 0.463 e. The van der Waals surface area contributed by atoms with Crippen molar-refractivity contribution in [1.29, 1.82) is 10.8 Å². The highest BCUT2D eigenvalue weighted by Crippen LogP contribution is 2.28. The second-order valence-corrected chi connectivity index (χ2v) is 16.0. The predicted molar refractivity (Wildman–Crippen MR) is 257 cm³/mol. The topological polar surface area (TPSA) is 138 Å². The summed E-state index contributed by atoms with van der Waals surface area (Å²) in [4.78, 5) is 11.7. The SMILES string of the molecule is Br.CN1CCC[C@H]1Cc1c[nH]c2ccc(CC(=N)c3ccco3)cc12.CN1CCC[C@H]1Cc1c[nH]c2ccc(N)cc12.Cl.Cl.N=C(SCc1ccccc1)c1ccco1. The summed E-state index contributed by atoms with van der Waals surface area (Å²) < 4.78 is 10.5. The number of H-pyrrole nitrogens is 2. The van der Waals surface area contributed by atoms with E-state index < -0.39 is 0 Å². The Balaban J connectivity index is 0.000000197. The third kappa shape index (κ3) is 12.6. The molecule has 6 heterocycles. The highest BCUT2D eigenvalue weighted by Gasteiger charge is 2.23. The van der Waals surface area contributed by atoms with Crippen LogP contribution >= 0.6 is 53.6 Å². The molecule has 6 N–H and O–H groups in total. The van der Waals surface area contributed by atoms with Crippen molar-refractivity contribution in [1.82, 2.24) is 19.8 Å². The molecule has 59 heavy (non-hydrogen) atoms. The molecule has 2 atom stereocenters. The molecule has 0 spiro atoms. The summed E-state index contributed by atoms with van der Waals surface area (Å²) >= 11 is 1.48. The van der Waals surface area contributed by atoms with Gasteiger partial charge in [0.15, 0.2) is 5.76 Å². The van der Waals surface area contributed by atoms with E-state index in [9.17, 15) is 0 Å². The lowest BCUT2D eigenvalue weighted by Gasteiger charge is -2.18. The molecule has 9 nitrogen and oxygen atoms in total. The van der Waals surface area contributed by atoms with E-state index in [-0.39, 0.29) is 41.8 Å². The van der Waals surface area contributed by atoms with Gasteiger partial charge in [-0.05, 0) is 143 Å². The standard InChI is InChI=1S/C20H23N3O.C14H19N3.C12H11NOS.BrH.2ClH/c1-23-8-2-4-16(23)12-15-13-22-19-7-6-14(10-17(15)19)11-18(21)20-5-3-9-24-20;1-17-6-2-3-12(17)7-10-9-16-14-5-4-11(15)8-13(10)14;13-12(11-7-4-8-14-11)15-9-10-5-2-1-3-6-10;;;/h3,5-7,9-10,13,16,21-22H,2,4,8,11-12H2,1H3;4-5,8-9,12,16H,2-3,6-7,15H2,1H3;1-8,13H,9H2;3*1H/t16-;12-;;;;/m00..../s1. The lowest BCUT2D eigenvalue weighted by Crippen LogP contribution is -2.26. The van der Waals surface area contributed by atoms with Crippen LogP contribution in [0.1, 0.15) is 59.5 Å². The fourth-order valence-corrected chi connectivity index (χ4v) is 8.56. The first-order valence-electron chi connectivity index (χ1n) is 19.6. The maximum absolute atomic E-state index is 8.21. The number of rotatable bonds is 10. The van der Waals surface area contributed by atoms with Crippen LogP contribution in [0, 0.1) is 10.8 Å². The summed E-state index contributed by atoms with van der Waals surface area (Å²) in [6.45, 7) is 2.44. The van der Waals surface area contributed by atoms with E-state index in [1.165, 1.54) is 89.0 Å². The molecule has 4 aromatic heterocycles. The number of thioether (sulfide) groups is 1. The average molecular weight is 922 g/mol. The molecule has 0 saturated carbocycles. The van der Waals surface area contributed by atoms with Crippen molar-refractivity contribution in [3.8, 4) is 0 Å². The van der Waals surface area contributed by atoms with Gasteiger partial charge in [0.2, 0.25) is 0 Å². The molecule has 0 radical (unpaired) electrons. The van der Waals surface area contributed by atoms with E-state index in [0.29, 0.717) is 40.8 Å². The van der Waals surface area contributed by atoms with Gasteiger partial charge >= 0.3 is 0 Å². The number of nitrogen functional groups attached to an aromatic ring is 1. The minimum atomic E-state index is 0. The van der Waals surface area contributed by atoms with Crippen molar-refractivity contribution < 1.29 is 8.83 Å². The molecule has 9 rings (SSSR count). The molecule has 3 aromatic carbocycles. The Morgan fingerprint density at radius 1 is 0.712 bits per heavy atom. The lowest BCUT2D eigenvalue weighted by molar-refractivity contribution is 0.310. The Hall–Kier alpha value is -4.23. The van der Waals surface area contributed by atoms with Crippen LogP contribution in [0.2, 0.25) is 0 Å². The van der Waals surface area contributed by atoms with Gasteiger partial charge in [0.25, 0.3) is 0 Å². The van der Waals surface area contributed by atoms with Crippen LogP contribution in [0.4, 0.5) is 5.69 Å². The Morgan fingerprint density at radius 2 is 1.27 bits per heavy atom. The first kappa shape index (κ1) is 47.4. The monoisotopic (exact) mass is 919 g/mol. The maximum atomic E-state index is 8.21. The maximum Gasteiger partial charge on any atom is 0.158 e. The predicted octanol–water partition coefficient (Wildman–Crippen LogP) is 11.4. The lowest BCUT2D eigenvalue weighted by atomic mass is 10.00. The quantitative estimate of drug-likeness (QED) is 0.0526. The fourth-order valence-electron chi connectivity index (χ4n) is 7.80. The third-order valence-corrected chi connectivity index (χ3v) is 12.0. The number of fused-ring (bicyclic) bond motifs is 2. The molecule has 2 fully saturated rings. The smallest absolute Gasteiger partial charge is 0.158 e. The number of nitrogens with zero attached hydrogens (tertiary/aromatic N) is 2. The zero-order chi connectivity index (χ0) is 38.9. The van der Waals surface area contributed by atoms with Crippen molar-refractivity contribution in [2.24, 2.45) is 0 Å². The van der Waals surface area contributed by atoms with Gasteiger partial charge in [-0.15, -0.1) is 41.8 Å². The fraction of sp³-hybridized carbons (Fsp3) is 0.304. The van der Waals surface area contributed by atoms with Gasteiger partial charge in [0.05, 0.1) is 18.2 Å². The number of likely N-dealkylation sites (N-methyl/N-ethyl adjacent to an activating group) is 2. The molecule has 0 bridgehead atoms. The van der Waals surface area contributed by atoms with Gasteiger partial charge in [0.1, 0.15) is 10.8 Å². The number of halogens is 3. The molecule has 314 valence electrons. The number of nitrogens with one attached hydrogen (secondary N) is 4. The number of aromatic amines is 2. The van der Waals surface area contributed by atoms with Crippen molar-refractivity contribution >= 4 is 91.8 Å². The van der Waals surface area contributed by atoms with Gasteiger partial charge in [-0.1, -0.05) is 48.2 Å². The van der Waals surface area contributed by atoms with E-state index >= 15 is 0 Å². The number of hydrogen-bond acceptors (Lipinski definition) is 8. The molecule has 13 heteroatoms. The summed E-state index contributed by atoms with van der Waals surface area (Å²) in [6, 6.07) is 31.3. The molecular weight excluding hydrogens is 865 g/mol. The average Bonchev–Trinajstić information content (AvgIpc) is 4.08. The number of nitrogens with two attached hydrogens (primary N) is 1. The summed E-state index contributed by atoms with van der Waals surface area (Å²) in [7, 11) is 4.45. The molecule has 2 aliphatic heterocycles. The number of aromatic nitrogens is 2. The first-order valence-corrected chi connectivity index (χ1v) is 20.5. The molecule has 2 aliphatic rings. The molecule has 0 aliphatic carbocycles. The minimum Gasteiger partial charge on any atom is -0.463 e. The zero-order valence-electron chi connectivity index (χ0n) is 33.6. The van der Waals surface area contributed by atoms with Crippen molar-refractivity contribution in [3.05, 3.63) is 150 Å². The third-order valence-electron chi connectivity index (χ3n) is 11.0. The van der Waals surface area contributed by atoms with Gasteiger partial charge in [-0.3, -0.25) is 5.41 Å². The summed E-state index contributed by atoms with van der Waals surface area (Å²) in [5, 5.41) is 19.0. The van der Waals surface area contributed by atoms with Crippen LogP contribution in [0.3, 0.4) is 0 Å². The summed E-state index contributed by atoms with van der Waals surface area (Å²) in [5.41, 5.74) is 14.8. The van der Waals surface area contributed by atoms with E-state index in [2.05, 4.69) is 88.7 Å². The summed E-state index contributed by atoms with van der Waals surface area (Å²) in [5.74, 6) is 2.09. The number of hydrogen-bond donors (Lipinski definition) is 5. The molecule has 7 aromatic rings. The number of likely N-dealkylation sites (tertiary alicyclic amines) is 2. The first-order chi connectivity index (χ1) is 27.3. The van der Waals surface area contributed by atoms with Crippen LogP contribution in [0.25, 0.3) is 21.8 Å². The van der Waals surface area contributed by atoms with Crippen molar-refractivity contribution in [2.75, 3.05) is 32.9 Å². The van der Waals surface area contributed by atoms with Crippen LogP contribution in [0.15, 0.2) is 125 Å². The van der Waals surface area contributed by atoms with E-state index in [1.54, 1.807) is 24.7 Å². The molecule has 2 saturated heterocycles. The highest BCUT2D eigenvalue weighted by molar-refractivity contribution is 8.93. The van der Waals surface area contributed by atoms with Gasteiger partial charge in [-0.2, -0.15) is 0 Å². The van der Waals surface area contributed by atoms with E-state index in [4.69, 9.17) is 25.4 Å². The molecule has 0 amide bonds. The van der Waals surface area contributed by atoms with Crippen LogP contribution in [0.5, 0.6) is 0 Å². The van der Waals surface area contributed by atoms with Crippen molar-refractivity contribution in [2.45, 2.75) is 62.8 Å². The zero-order valence-corrected chi connectivity index (χ0v) is 37.8. The minimum absolute atomic E-state index is 0. The Morgan fingerprint density at radius 3 is 1.81 bits per heavy atom. The molecule has 0 unspecified atom stereocenters. The van der Waals surface area contributed by atoms with Crippen molar-refractivity contribution in [3.63, 3.8) is 0 Å². The van der Waals surface area contributed by atoms with Gasteiger partial charge in [-0.25, -0.2) is 0 Å². The van der Waals surface area contributed by atoms with Gasteiger partial charge in [0, 0.05) is 64.1 Å². The van der Waals surface area contributed by atoms with E-state index in [0.717, 1.165) is 29.8 Å². The Kier molecular flexibility index (Phi) is 18.5. The number of benzene rings is 3. The Labute approximate surface area is 374 Å². The number of anilines is 1. The van der Waals surface area contributed by atoms with Crippen LogP contribution in [-0.2, 0) is 25.0 Å². The van der Waals surface area contributed by atoms with Gasteiger partial charge < -0.3 is 39.7 Å².